The molecule has 2 heterocycles. The van der Waals surface area contributed by atoms with Crippen LogP contribution < -0.4 is 16.8 Å². The van der Waals surface area contributed by atoms with Gasteiger partial charge in [-0.1, -0.05) is 12.1 Å². The van der Waals surface area contributed by atoms with Crippen LogP contribution in [0.2, 0.25) is 0 Å². The second kappa shape index (κ2) is 9.14. The predicted octanol–water partition coefficient (Wildman–Crippen LogP) is -1.27. The summed E-state index contributed by atoms with van der Waals surface area (Å²) in [5.41, 5.74) is 11.2. The maximum atomic E-state index is 13.6. The van der Waals surface area contributed by atoms with E-state index in [0.717, 1.165) is 4.90 Å². The highest BCUT2D eigenvalue weighted by Gasteiger charge is 2.66. The van der Waals surface area contributed by atoms with Crippen molar-refractivity contribution in [1.82, 2.24) is 15.1 Å². The summed E-state index contributed by atoms with van der Waals surface area (Å²) in [7, 11) is 1.42. The number of thioether (sulfide) groups is 1. The number of rotatable bonds is 9. The van der Waals surface area contributed by atoms with E-state index in [1.807, 2.05) is 0 Å². The minimum absolute atomic E-state index is 0.0880. The molecule has 2 aliphatic rings. The van der Waals surface area contributed by atoms with E-state index < -0.39 is 70.3 Å². The average Bonchev–Trinajstić information content (AvgIpc) is 2.99. The van der Waals surface area contributed by atoms with Gasteiger partial charge in [0.1, 0.15) is 29.2 Å². The largest absolute Gasteiger partial charge is 0.508 e. The van der Waals surface area contributed by atoms with Gasteiger partial charge in [0.15, 0.2) is 0 Å². The lowest BCUT2D eigenvalue weighted by molar-refractivity contribution is -0.172. The van der Waals surface area contributed by atoms with E-state index in [2.05, 4.69) is 5.32 Å². The molecule has 2 fully saturated rings. The van der Waals surface area contributed by atoms with Gasteiger partial charge in [0, 0.05) is 4.75 Å². The molecule has 1 unspecified atom stereocenters. The summed E-state index contributed by atoms with van der Waals surface area (Å²) in [4.78, 5) is 65.2. The Kier molecular flexibility index (Phi) is 6.80. The third kappa shape index (κ3) is 4.28. The van der Waals surface area contributed by atoms with Crippen molar-refractivity contribution in [2.24, 2.45) is 11.5 Å². The summed E-state index contributed by atoms with van der Waals surface area (Å²) >= 11 is 1.20. The highest BCUT2D eigenvalue weighted by Crippen LogP contribution is 2.53. The number of hydrogen-bond donors (Lipinski definition) is 5. The molecule has 3 rings (SSSR count). The number of aliphatic carboxylic acids is 1. The normalized spacial score (nSPS) is 24.5. The van der Waals surface area contributed by atoms with Crippen LogP contribution in [-0.4, -0.2) is 84.9 Å². The van der Waals surface area contributed by atoms with Gasteiger partial charge in [-0.15, -0.1) is 11.8 Å². The molecule has 0 aromatic heterocycles. The van der Waals surface area contributed by atoms with Crippen molar-refractivity contribution in [3.05, 3.63) is 29.8 Å². The van der Waals surface area contributed by atoms with Gasteiger partial charge in [0.25, 0.3) is 0 Å². The summed E-state index contributed by atoms with van der Waals surface area (Å²) in [6.45, 7) is 3.36. The van der Waals surface area contributed by atoms with Gasteiger partial charge < -0.3 is 36.8 Å². The van der Waals surface area contributed by atoms with E-state index in [0.29, 0.717) is 0 Å². The van der Waals surface area contributed by atoms with Gasteiger partial charge in [0.05, 0.1) is 12.5 Å². The van der Waals surface area contributed by atoms with Crippen LogP contribution in [0.5, 0.6) is 5.75 Å². The van der Waals surface area contributed by atoms with Gasteiger partial charge >= 0.3 is 5.97 Å². The molecule has 2 aliphatic heterocycles. The number of aromatic hydroxyl groups is 1. The Morgan fingerprint density at radius 1 is 1.21 bits per heavy atom. The summed E-state index contributed by atoms with van der Waals surface area (Å²) < 4.78 is -0.869. The maximum absolute atomic E-state index is 13.6. The summed E-state index contributed by atoms with van der Waals surface area (Å²) in [6, 6.07) is 0.449. The first-order valence-electron chi connectivity index (χ1n) is 10.4. The number of carboxylic acid groups (broad SMARTS) is 1. The molecule has 12 nitrogen and oxygen atoms in total. The van der Waals surface area contributed by atoms with Crippen LogP contribution in [0.25, 0.3) is 0 Å². The Morgan fingerprint density at radius 2 is 1.79 bits per heavy atom. The molecule has 13 heteroatoms. The van der Waals surface area contributed by atoms with E-state index in [1.54, 1.807) is 13.8 Å². The standard InChI is InChI=1S/C21H27N5O7S/c1-21(2)15(20(32)33)26-18(31)14(19(26)34-21)25(17(30)11(24-3)8-12(22)28)13(16(23)29)9-4-6-10(27)7-5-9/h4-7,11,13-15,19,24,27H,8H2,1-3H3,(H2,22,28)(H2,23,29)(H,32,33)/t11-,13-,14-,15?,19-/m1/s1. The summed E-state index contributed by atoms with van der Waals surface area (Å²) in [5.74, 6) is -4.42. The number of nitrogens with one attached hydrogen (secondary N) is 1. The number of primary amides is 2. The number of carboxylic acids is 1. The molecule has 0 radical (unpaired) electrons. The van der Waals surface area contributed by atoms with Gasteiger partial charge in [0.2, 0.25) is 23.6 Å². The molecule has 0 spiro atoms. The van der Waals surface area contributed by atoms with E-state index in [-0.39, 0.29) is 11.3 Å². The molecule has 1 aromatic rings. The minimum atomic E-state index is -1.43. The second-order valence-corrected chi connectivity index (χ2v) is 10.5. The van der Waals surface area contributed by atoms with Crippen molar-refractivity contribution in [1.29, 1.82) is 0 Å². The minimum Gasteiger partial charge on any atom is -0.508 e. The van der Waals surface area contributed by atoms with Crippen molar-refractivity contribution in [3.8, 4) is 5.75 Å². The van der Waals surface area contributed by atoms with E-state index in [1.165, 1.54) is 48.0 Å². The molecule has 2 saturated heterocycles. The van der Waals surface area contributed by atoms with Gasteiger partial charge in [-0.25, -0.2) is 4.79 Å². The van der Waals surface area contributed by atoms with Crippen LogP contribution in [0.3, 0.4) is 0 Å². The summed E-state index contributed by atoms with van der Waals surface area (Å²) in [5, 5.41) is 21.3. The van der Waals surface area contributed by atoms with Crippen molar-refractivity contribution in [2.45, 2.75) is 54.6 Å². The highest BCUT2D eigenvalue weighted by molar-refractivity contribution is 8.01. The van der Waals surface area contributed by atoms with Crippen molar-refractivity contribution in [3.63, 3.8) is 0 Å². The number of likely N-dealkylation sites (N-methyl/N-ethyl adjacent to an activating group) is 1. The van der Waals surface area contributed by atoms with Crippen LogP contribution in [0.4, 0.5) is 0 Å². The van der Waals surface area contributed by atoms with Crippen molar-refractivity contribution < 1.29 is 34.2 Å². The molecular formula is C21H27N5O7S. The van der Waals surface area contributed by atoms with Crippen LogP contribution in [0.15, 0.2) is 24.3 Å². The van der Waals surface area contributed by atoms with Crippen LogP contribution in [0, 0.1) is 0 Å². The van der Waals surface area contributed by atoms with Crippen LogP contribution in [0.1, 0.15) is 31.9 Å². The summed E-state index contributed by atoms with van der Waals surface area (Å²) in [6.07, 6.45) is -0.404. The molecule has 5 atom stereocenters. The number of fused-ring (bicyclic) bond motifs is 1. The van der Waals surface area contributed by atoms with Gasteiger partial charge in [-0.05, 0) is 38.6 Å². The molecule has 184 valence electrons. The average molecular weight is 494 g/mol. The van der Waals surface area contributed by atoms with E-state index in [4.69, 9.17) is 11.5 Å². The predicted molar refractivity (Wildman–Crippen MR) is 121 cm³/mol. The quantitative estimate of drug-likeness (QED) is 0.260. The number of benzene rings is 1. The number of amides is 4. The number of nitrogens with zero attached hydrogens (tertiary/aromatic N) is 2. The Labute approximate surface area is 199 Å². The molecule has 7 N–H and O–H groups in total. The van der Waals surface area contributed by atoms with E-state index in [9.17, 15) is 34.2 Å². The van der Waals surface area contributed by atoms with Crippen molar-refractivity contribution in [2.75, 3.05) is 7.05 Å². The number of β-lactam (4-membered cyclic amide) rings is 1. The Balaban J connectivity index is 2.10. The monoisotopic (exact) mass is 493 g/mol. The molecule has 0 bridgehead atoms. The highest BCUT2D eigenvalue weighted by atomic mass is 32.2. The Bertz CT molecular complexity index is 1030. The SMILES string of the molecule is CN[C@H](CC(N)=O)C(=O)N([C@@H]1C(=O)N2C(C(=O)O)C(C)(C)S[C@H]12)[C@@H](C(N)=O)c1ccc(O)cc1. The molecule has 4 amide bonds. The zero-order valence-electron chi connectivity index (χ0n) is 18.8. The number of carbonyl (C=O) groups is 5. The van der Waals surface area contributed by atoms with E-state index >= 15 is 0 Å². The number of phenols is 1. The molecular weight excluding hydrogens is 466 g/mol. The first-order valence-corrected chi connectivity index (χ1v) is 11.3. The smallest absolute Gasteiger partial charge is 0.327 e. The number of carbonyl (C=O) groups excluding carboxylic acids is 4. The first kappa shape index (κ1) is 25.3. The lowest BCUT2D eigenvalue weighted by atomic mass is 9.92. The number of hydrogen-bond acceptors (Lipinski definition) is 8. The fourth-order valence-corrected chi connectivity index (χ4v) is 6.17. The lowest BCUT2D eigenvalue weighted by Crippen LogP contribution is -2.73. The lowest BCUT2D eigenvalue weighted by Gasteiger charge is -2.50. The van der Waals surface area contributed by atoms with Crippen LogP contribution >= 0.6 is 11.8 Å². The van der Waals surface area contributed by atoms with Gasteiger partial charge in [-0.2, -0.15) is 0 Å². The number of phenolic OH excluding ortho intramolecular Hbond substituents is 1. The second-order valence-electron chi connectivity index (χ2n) is 8.70. The third-order valence-electron chi connectivity index (χ3n) is 6.01. The maximum Gasteiger partial charge on any atom is 0.327 e. The zero-order valence-corrected chi connectivity index (χ0v) is 19.6. The Hall–Kier alpha value is -3.32. The Morgan fingerprint density at radius 3 is 2.26 bits per heavy atom. The fourth-order valence-electron chi connectivity index (χ4n) is 4.49. The molecule has 0 saturated carbocycles. The van der Waals surface area contributed by atoms with Gasteiger partial charge in [-0.3, -0.25) is 19.2 Å². The number of nitrogens with two attached hydrogens (primary N) is 2. The van der Waals surface area contributed by atoms with Crippen LogP contribution in [-0.2, 0) is 24.0 Å². The first-order chi connectivity index (χ1) is 15.8. The topological polar surface area (TPSA) is 196 Å². The third-order valence-corrected chi connectivity index (χ3v) is 7.57. The molecule has 0 aliphatic carbocycles. The molecule has 34 heavy (non-hydrogen) atoms. The zero-order chi connectivity index (χ0) is 25.5. The fraction of sp³-hybridized carbons (Fsp3) is 0.476. The van der Waals surface area contributed by atoms with Crippen molar-refractivity contribution >= 4 is 41.4 Å². The molecule has 1 aromatic carbocycles.